The van der Waals surface area contributed by atoms with Crippen LogP contribution in [0.1, 0.15) is 24.5 Å². The number of benzene rings is 1. The highest BCUT2D eigenvalue weighted by molar-refractivity contribution is 6.30. The van der Waals surface area contributed by atoms with Crippen LogP contribution >= 0.6 is 11.6 Å². The maximum atomic E-state index is 12.2. The second-order valence-corrected chi connectivity index (χ2v) is 5.55. The monoisotopic (exact) mass is 312 g/mol. The lowest BCUT2D eigenvalue weighted by Crippen LogP contribution is -2.44. The van der Waals surface area contributed by atoms with Crippen LogP contribution in [0, 0.1) is 0 Å². The Morgan fingerprint density at radius 3 is 2.90 bits per heavy atom. The molecule has 1 aliphatic rings. The van der Waals surface area contributed by atoms with Crippen LogP contribution in [0.15, 0.2) is 24.3 Å². The molecule has 1 fully saturated rings. The third kappa shape index (κ3) is 4.59. The molecule has 21 heavy (non-hydrogen) atoms. The normalized spacial score (nSPS) is 15.6. The van der Waals surface area contributed by atoms with Crippen LogP contribution in [-0.4, -0.2) is 48.9 Å². The van der Waals surface area contributed by atoms with Gasteiger partial charge in [-0.05, 0) is 30.5 Å². The summed E-state index contributed by atoms with van der Waals surface area (Å²) in [5, 5.41) is 12.5. The number of aliphatic hydroxyl groups excluding tert-OH is 1. The Morgan fingerprint density at radius 2 is 2.33 bits per heavy atom. The second kappa shape index (κ2) is 7.64. The van der Waals surface area contributed by atoms with Crippen LogP contribution in [0.2, 0.25) is 5.02 Å². The van der Waals surface area contributed by atoms with Crippen LogP contribution in [0.25, 0.3) is 0 Å². The van der Waals surface area contributed by atoms with E-state index >= 15 is 0 Å². The standard InChI is InChI=1S/C15H21ClN2O3/c1-21-14(11-3-2-4-12(16)9-11)10-17-15(20)18(7-8-19)13-5-6-13/h2-4,9,13-14,19H,5-8,10H2,1H3,(H,17,20). The number of carbonyl (C=O) groups is 1. The molecule has 1 saturated carbocycles. The molecule has 0 saturated heterocycles. The first-order valence-electron chi connectivity index (χ1n) is 7.09. The van der Waals surface area contributed by atoms with Crippen molar-refractivity contribution in [1.29, 1.82) is 0 Å². The maximum absolute atomic E-state index is 12.2. The molecule has 1 aliphatic carbocycles. The fraction of sp³-hybridized carbons (Fsp3) is 0.533. The minimum atomic E-state index is -0.247. The third-order valence-corrected chi connectivity index (χ3v) is 3.77. The number of nitrogens with zero attached hydrogens (tertiary/aromatic N) is 1. The average molecular weight is 313 g/mol. The molecule has 5 nitrogen and oxygen atoms in total. The van der Waals surface area contributed by atoms with Gasteiger partial charge in [-0.3, -0.25) is 0 Å². The van der Waals surface area contributed by atoms with Crippen LogP contribution in [0.5, 0.6) is 0 Å². The summed E-state index contributed by atoms with van der Waals surface area (Å²) < 4.78 is 5.42. The molecule has 1 aromatic carbocycles. The van der Waals surface area contributed by atoms with Crippen LogP contribution in [0.3, 0.4) is 0 Å². The topological polar surface area (TPSA) is 61.8 Å². The van der Waals surface area contributed by atoms with Crippen molar-refractivity contribution < 1.29 is 14.6 Å². The van der Waals surface area contributed by atoms with E-state index in [4.69, 9.17) is 21.4 Å². The summed E-state index contributed by atoms with van der Waals surface area (Å²) in [6, 6.07) is 7.51. The smallest absolute Gasteiger partial charge is 0.317 e. The Balaban J connectivity index is 1.91. The van der Waals surface area contributed by atoms with Crippen LogP contribution < -0.4 is 5.32 Å². The Labute approximate surface area is 129 Å². The Hall–Kier alpha value is -1.30. The summed E-state index contributed by atoms with van der Waals surface area (Å²) in [5.74, 6) is 0. The van der Waals surface area contributed by atoms with Gasteiger partial charge in [0.15, 0.2) is 0 Å². The first kappa shape index (κ1) is 16.1. The van der Waals surface area contributed by atoms with Crippen molar-refractivity contribution in [3.8, 4) is 0 Å². The van der Waals surface area contributed by atoms with Crippen molar-refractivity contribution in [2.45, 2.75) is 25.0 Å². The van der Waals surface area contributed by atoms with Gasteiger partial charge in [0.25, 0.3) is 0 Å². The lowest BCUT2D eigenvalue weighted by Gasteiger charge is -2.24. The second-order valence-electron chi connectivity index (χ2n) is 5.11. The van der Waals surface area contributed by atoms with Crippen LogP contribution in [-0.2, 0) is 4.74 Å². The molecule has 0 radical (unpaired) electrons. The van der Waals surface area contributed by atoms with E-state index in [9.17, 15) is 4.79 Å². The van der Waals surface area contributed by atoms with Crippen molar-refractivity contribution in [2.75, 3.05) is 26.8 Å². The Bertz CT molecular complexity index is 480. The molecule has 0 spiro atoms. The highest BCUT2D eigenvalue weighted by atomic mass is 35.5. The van der Waals surface area contributed by atoms with E-state index in [1.54, 1.807) is 18.1 Å². The van der Waals surface area contributed by atoms with Crippen LogP contribution in [0.4, 0.5) is 4.79 Å². The zero-order valence-electron chi connectivity index (χ0n) is 12.1. The first-order valence-corrected chi connectivity index (χ1v) is 7.47. The molecule has 2 N–H and O–H groups in total. The number of hydrogen-bond donors (Lipinski definition) is 2. The van der Waals surface area contributed by atoms with Crippen molar-refractivity contribution in [2.24, 2.45) is 0 Å². The molecule has 6 heteroatoms. The number of rotatable bonds is 7. The highest BCUT2D eigenvalue weighted by Gasteiger charge is 2.32. The van der Waals surface area contributed by atoms with Gasteiger partial charge >= 0.3 is 6.03 Å². The van der Waals surface area contributed by atoms with E-state index in [2.05, 4.69) is 5.32 Å². The summed E-state index contributed by atoms with van der Waals surface area (Å²) in [5.41, 5.74) is 0.922. The molecule has 1 aromatic rings. The van der Waals surface area contributed by atoms with Gasteiger partial charge in [-0.2, -0.15) is 0 Å². The van der Waals surface area contributed by atoms with Gasteiger partial charge in [0.1, 0.15) is 0 Å². The van der Waals surface area contributed by atoms with E-state index in [-0.39, 0.29) is 24.8 Å². The molecule has 0 bridgehead atoms. The average Bonchev–Trinajstić information content (AvgIpc) is 3.30. The quantitative estimate of drug-likeness (QED) is 0.811. The molecule has 1 atom stereocenters. The lowest BCUT2D eigenvalue weighted by atomic mass is 10.1. The van der Waals surface area contributed by atoms with E-state index < -0.39 is 0 Å². The number of nitrogens with one attached hydrogen (secondary N) is 1. The first-order chi connectivity index (χ1) is 10.2. The number of urea groups is 1. The lowest BCUT2D eigenvalue weighted by molar-refractivity contribution is 0.100. The largest absolute Gasteiger partial charge is 0.395 e. The summed E-state index contributed by atoms with van der Waals surface area (Å²) >= 11 is 5.97. The minimum absolute atomic E-state index is 0.0219. The van der Waals surface area contributed by atoms with Gasteiger partial charge in [0.2, 0.25) is 0 Å². The van der Waals surface area contributed by atoms with E-state index in [0.29, 0.717) is 18.1 Å². The van der Waals surface area contributed by atoms with Crippen molar-refractivity contribution in [3.63, 3.8) is 0 Å². The molecule has 0 aliphatic heterocycles. The van der Waals surface area contributed by atoms with E-state index in [1.807, 2.05) is 18.2 Å². The molecule has 0 aromatic heterocycles. The van der Waals surface area contributed by atoms with Gasteiger partial charge in [-0.25, -0.2) is 4.79 Å². The molecule has 116 valence electrons. The van der Waals surface area contributed by atoms with Crippen molar-refractivity contribution in [1.82, 2.24) is 10.2 Å². The zero-order chi connectivity index (χ0) is 15.2. The van der Waals surface area contributed by atoms with Gasteiger partial charge in [-0.1, -0.05) is 23.7 Å². The molecule has 2 rings (SSSR count). The Morgan fingerprint density at radius 1 is 1.57 bits per heavy atom. The molecule has 0 heterocycles. The SMILES string of the molecule is COC(CNC(=O)N(CCO)C1CC1)c1cccc(Cl)c1. The fourth-order valence-electron chi connectivity index (χ4n) is 2.27. The van der Waals surface area contributed by atoms with E-state index in [1.165, 1.54) is 0 Å². The number of amides is 2. The third-order valence-electron chi connectivity index (χ3n) is 3.53. The molecular formula is C15H21ClN2O3. The molecule has 1 unspecified atom stereocenters. The summed E-state index contributed by atoms with van der Waals surface area (Å²) in [4.78, 5) is 13.8. The number of halogens is 1. The number of methoxy groups -OCH3 is 1. The summed E-state index contributed by atoms with van der Waals surface area (Å²) in [7, 11) is 1.60. The minimum Gasteiger partial charge on any atom is -0.395 e. The van der Waals surface area contributed by atoms with Gasteiger partial charge in [0, 0.05) is 31.3 Å². The van der Waals surface area contributed by atoms with Crippen molar-refractivity contribution in [3.05, 3.63) is 34.9 Å². The Kier molecular flexibility index (Phi) is 5.85. The van der Waals surface area contributed by atoms with Gasteiger partial charge < -0.3 is 20.1 Å². The maximum Gasteiger partial charge on any atom is 0.317 e. The molecule has 2 amide bonds. The van der Waals surface area contributed by atoms with E-state index in [0.717, 1.165) is 18.4 Å². The highest BCUT2D eigenvalue weighted by Crippen LogP contribution is 2.26. The summed E-state index contributed by atoms with van der Waals surface area (Å²) in [6.07, 6.45) is 1.77. The molecular weight excluding hydrogens is 292 g/mol. The predicted molar refractivity (Wildman–Crippen MR) is 81.4 cm³/mol. The number of carbonyl (C=O) groups excluding carboxylic acids is 1. The van der Waals surface area contributed by atoms with Gasteiger partial charge in [-0.15, -0.1) is 0 Å². The van der Waals surface area contributed by atoms with Gasteiger partial charge in [0.05, 0.1) is 12.7 Å². The van der Waals surface area contributed by atoms with Crippen molar-refractivity contribution >= 4 is 17.6 Å². The summed E-state index contributed by atoms with van der Waals surface area (Å²) in [6.45, 7) is 0.710. The predicted octanol–water partition coefficient (Wildman–Crippen LogP) is 2.19. The fourth-order valence-corrected chi connectivity index (χ4v) is 2.47. The number of ether oxygens (including phenoxy) is 1. The number of hydrogen-bond acceptors (Lipinski definition) is 3. The number of aliphatic hydroxyl groups is 1. The zero-order valence-corrected chi connectivity index (χ0v) is 12.8.